The first-order valence-electron chi connectivity index (χ1n) is 9.10. The summed E-state index contributed by atoms with van der Waals surface area (Å²) in [6.45, 7) is 3.28. The summed E-state index contributed by atoms with van der Waals surface area (Å²) in [5, 5.41) is 2.68. The number of fused-ring (bicyclic) bond motifs is 1. The number of benzene rings is 2. The summed E-state index contributed by atoms with van der Waals surface area (Å²) >= 11 is 4.93. The van der Waals surface area contributed by atoms with Gasteiger partial charge in [0.1, 0.15) is 10.6 Å². The van der Waals surface area contributed by atoms with E-state index in [9.17, 15) is 4.79 Å². The number of thiophene rings is 1. The second kappa shape index (κ2) is 8.29. The van der Waals surface area contributed by atoms with Crippen molar-refractivity contribution in [3.05, 3.63) is 80.6 Å². The van der Waals surface area contributed by atoms with Gasteiger partial charge in [0, 0.05) is 15.4 Å². The van der Waals surface area contributed by atoms with Crippen molar-refractivity contribution in [2.75, 3.05) is 6.61 Å². The van der Waals surface area contributed by atoms with Crippen molar-refractivity contribution < 1.29 is 4.74 Å². The molecule has 0 radical (unpaired) electrons. The lowest BCUT2D eigenvalue weighted by molar-refractivity contribution is 0.317. The Balaban J connectivity index is 1.70. The van der Waals surface area contributed by atoms with Gasteiger partial charge in [-0.3, -0.25) is 9.36 Å². The number of hydrogen-bond donors (Lipinski definition) is 0. The monoisotopic (exact) mass is 454 g/mol. The van der Waals surface area contributed by atoms with Gasteiger partial charge >= 0.3 is 0 Å². The fourth-order valence-electron chi connectivity index (χ4n) is 3.03. The average molecular weight is 455 g/mol. The molecular weight excluding hydrogens is 436 g/mol. The van der Waals surface area contributed by atoms with Gasteiger partial charge in [0.05, 0.1) is 24.9 Å². The van der Waals surface area contributed by atoms with E-state index in [1.54, 1.807) is 10.9 Å². The third kappa shape index (κ3) is 3.88. The molecule has 4 rings (SSSR count). The molecule has 2 aromatic heterocycles. The fourth-order valence-corrected chi connectivity index (χ4v) is 4.20. The van der Waals surface area contributed by atoms with Crippen LogP contribution in [0.25, 0.3) is 21.3 Å². The molecule has 0 amide bonds. The summed E-state index contributed by atoms with van der Waals surface area (Å²) in [6, 6.07) is 15.9. The van der Waals surface area contributed by atoms with Crippen molar-refractivity contribution in [2.45, 2.75) is 19.9 Å². The van der Waals surface area contributed by atoms with Crippen molar-refractivity contribution in [2.24, 2.45) is 0 Å². The molecule has 0 aliphatic rings. The lowest BCUT2D eigenvalue weighted by atomic mass is 10.1. The van der Waals surface area contributed by atoms with E-state index in [1.165, 1.54) is 11.3 Å². The van der Waals surface area contributed by atoms with Crippen LogP contribution < -0.4 is 10.3 Å². The summed E-state index contributed by atoms with van der Waals surface area (Å²) < 4.78 is 8.34. The van der Waals surface area contributed by atoms with E-state index in [0.29, 0.717) is 18.5 Å². The van der Waals surface area contributed by atoms with E-state index in [2.05, 4.69) is 27.8 Å². The zero-order valence-corrected chi connectivity index (χ0v) is 17.8. The Hall–Kier alpha value is -2.44. The minimum absolute atomic E-state index is 0.0181. The molecule has 0 fully saturated rings. The number of halogens is 1. The van der Waals surface area contributed by atoms with Gasteiger partial charge in [0.25, 0.3) is 5.56 Å². The van der Waals surface area contributed by atoms with Gasteiger partial charge in [-0.1, -0.05) is 47.1 Å². The molecule has 28 heavy (non-hydrogen) atoms. The summed E-state index contributed by atoms with van der Waals surface area (Å²) in [6.07, 6.45) is 2.61. The average Bonchev–Trinajstić information content (AvgIpc) is 3.15. The topological polar surface area (TPSA) is 44.1 Å². The Morgan fingerprint density at radius 3 is 2.57 bits per heavy atom. The Morgan fingerprint density at radius 1 is 1.11 bits per heavy atom. The largest absolute Gasteiger partial charge is 0.494 e. The zero-order valence-electron chi connectivity index (χ0n) is 15.4. The molecule has 4 nitrogen and oxygen atoms in total. The lowest BCUT2D eigenvalue weighted by Crippen LogP contribution is -2.20. The molecule has 4 aromatic rings. The van der Waals surface area contributed by atoms with Gasteiger partial charge in [-0.25, -0.2) is 4.98 Å². The van der Waals surface area contributed by atoms with Crippen molar-refractivity contribution in [1.29, 1.82) is 0 Å². The predicted molar refractivity (Wildman–Crippen MR) is 118 cm³/mol. The highest BCUT2D eigenvalue weighted by molar-refractivity contribution is 9.10. The normalized spacial score (nSPS) is 11.1. The first-order chi connectivity index (χ1) is 13.7. The van der Waals surface area contributed by atoms with E-state index in [0.717, 1.165) is 38.2 Å². The number of hydrogen-bond acceptors (Lipinski definition) is 4. The number of nitrogens with zero attached hydrogens (tertiary/aromatic N) is 2. The highest BCUT2D eigenvalue weighted by atomic mass is 79.9. The van der Waals surface area contributed by atoms with Crippen molar-refractivity contribution in [1.82, 2.24) is 9.55 Å². The third-order valence-electron chi connectivity index (χ3n) is 4.47. The number of aromatic nitrogens is 2. The van der Waals surface area contributed by atoms with Crippen LogP contribution in [0.2, 0.25) is 0 Å². The van der Waals surface area contributed by atoms with E-state index >= 15 is 0 Å². The van der Waals surface area contributed by atoms with E-state index in [-0.39, 0.29) is 5.56 Å². The molecule has 2 aromatic carbocycles. The van der Waals surface area contributed by atoms with Crippen LogP contribution in [0.4, 0.5) is 0 Å². The third-order valence-corrected chi connectivity index (χ3v) is 5.88. The van der Waals surface area contributed by atoms with E-state index < -0.39 is 0 Å². The van der Waals surface area contributed by atoms with Gasteiger partial charge in [-0.2, -0.15) is 0 Å². The Labute approximate surface area is 175 Å². The molecule has 142 valence electrons. The standard InChI is InChI=1S/C22H19BrN2O2S/c1-2-11-27-18-9-5-16(6-10-18)19-13-28-21-20(19)22(26)25(14-24-21)12-15-3-7-17(23)8-4-15/h3-10,13-14H,2,11-12H2,1H3. The summed E-state index contributed by atoms with van der Waals surface area (Å²) in [5.74, 6) is 0.843. The molecule has 0 spiro atoms. The maximum Gasteiger partial charge on any atom is 0.263 e. The molecule has 0 saturated carbocycles. The minimum Gasteiger partial charge on any atom is -0.494 e. The molecule has 6 heteroatoms. The molecule has 0 bridgehead atoms. The fraction of sp³-hybridized carbons (Fsp3) is 0.182. The van der Waals surface area contributed by atoms with Crippen LogP contribution in [0, 0.1) is 0 Å². The molecule has 0 saturated heterocycles. The van der Waals surface area contributed by atoms with Gasteiger partial charge in [0.15, 0.2) is 0 Å². The molecule has 0 aliphatic heterocycles. The maximum atomic E-state index is 13.2. The van der Waals surface area contributed by atoms with Gasteiger partial charge in [0.2, 0.25) is 0 Å². The van der Waals surface area contributed by atoms with Crippen LogP contribution in [0.3, 0.4) is 0 Å². The first-order valence-corrected chi connectivity index (χ1v) is 10.8. The molecule has 0 N–H and O–H groups in total. The number of rotatable bonds is 6. The highest BCUT2D eigenvalue weighted by Crippen LogP contribution is 2.31. The second-order valence-electron chi connectivity index (χ2n) is 6.51. The Bertz CT molecular complexity index is 1150. The van der Waals surface area contributed by atoms with Crippen molar-refractivity contribution in [3.63, 3.8) is 0 Å². The van der Waals surface area contributed by atoms with Crippen LogP contribution in [0.5, 0.6) is 5.75 Å². The predicted octanol–water partition coefficient (Wildman–Crippen LogP) is 5.72. The van der Waals surface area contributed by atoms with Crippen LogP contribution in [-0.4, -0.2) is 16.2 Å². The molecule has 0 unspecified atom stereocenters. The molecule has 0 atom stereocenters. The summed E-state index contributed by atoms with van der Waals surface area (Å²) in [5.41, 5.74) is 2.95. The van der Waals surface area contributed by atoms with Crippen LogP contribution >= 0.6 is 27.3 Å². The zero-order chi connectivity index (χ0) is 19.5. The van der Waals surface area contributed by atoms with Gasteiger partial charge in [-0.05, 0) is 41.8 Å². The molecule has 2 heterocycles. The molecule has 0 aliphatic carbocycles. The Kier molecular flexibility index (Phi) is 5.59. The van der Waals surface area contributed by atoms with Crippen molar-refractivity contribution >= 4 is 37.5 Å². The maximum absolute atomic E-state index is 13.2. The first kappa shape index (κ1) is 18.9. The number of ether oxygens (including phenoxy) is 1. The second-order valence-corrected chi connectivity index (χ2v) is 8.28. The Morgan fingerprint density at radius 2 is 1.86 bits per heavy atom. The highest BCUT2D eigenvalue weighted by Gasteiger charge is 2.13. The quantitative estimate of drug-likeness (QED) is 0.373. The van der Waals surface area contributed by atoms with Gasteiger partial charge in [-0.15, -0.1) is 11.3 Å². The lowest BCUT2D eigenvalue weighted by Gasteiger charge is -2.08. The summed E-state index contributed by atoms with van der Waals surface area (Å²) in [7, 11) is 0. The van der Waals surface area contributed by atoms with Gasteiger partial charge < -0.3 is 4.74 Å². The SMILES string of the molecule is CCCOc1ccc(-c2csc3ncn(Cc4ccc(Br)cc4)c(=O)c23)cc1. The van der Waals surface area contributed by atoms with Crippen LogP contribution in [0.15, 0.2) is 69.5 Å². The minimum atomic E-state index is -0.0181. The van der Waals surface area contributed by atoms with E-state index in [4.69, 9.17) is 4.74 Å². The smallest absolute Gasteiger partial charge is 0.263 e. The van der Waals surface area contributed by atoms with E-state index in [1.807, 2.05) is 53.9 Å². The van der Waals surface area contributed by atoms with Crippen molar-refractivity contribution in [3.8, 4) is 16.9 Å². The summed E-state index contributed by atoms with van der Waals surface area (Å²) in [4.78, 5) is 18.4. The molecular formula is C22H19BrN2O2S. The van der Waals surface area contributed by atoms with Crippen LogP contribution in [0.1, 0.15) is 18.9 Å². The van der Waals surface area contributed by atoms with Crippen LogP contribution in [-0.2, 0) is 6.54 Å².